The van der Waals surface area contributed by atoms with Crippen molar-refractivity contribution in [2.75, 3.05) is 32.2 Å². The largest absolute Gasteiger partial charge is 0.384 e. The molecule has 0 atom stereocenters. The highest BCUT2D eigenvalue weighted by Gasteiger charge is 2.51. The topological polar surface area (TPSA) is 25.4 Å². The first kappa shape index (κ1) is 14.4. The van der Waals surface area contributed by atoms with Crippen LogP contribution < -0.4 is 4.90 Å². The second-order valence-electron chi connectivity index (χ2n) is 6.67. The summed E-state index contributed by atoms with van der Waals surface area (Å²) < 4.78 is 19.6. The van der Waals surface area contributed by atoms with Gasteiger partial charge in [-0.25, -0.2) is 4.39 Å². The van der Waals surface area contributed by atoms with Crippen molar-refractivity contribution >= 4 is 32.5 Å². The molecule has 1 aliphatic heterocycles. The summed E-state index contributed by atoms with van der Waals surface area (Å²) in [5.41, 5.74) is 3.44. The third kappa shape index (κ3) is 1.91. The van der Waals surface area contributed by atoms with Crippen LogP contribution in [0.2, 0.25) is 0 Å². The highest BCUT2D eigenvalue weighted by Crippen LogP contribution is 2.56. The summed E-state index contributed by atoms with van der Waals surface area (Å²) in [6.45, 7) is 1.83. The van der Waals surface area contributed by atoms with Gasteiger partial charge in [-0.2, -0.15) is 0 Å². The Labute approximate surface area is 137 Å². The van der Waals surface area contributed by atoms with Crippen LogP contribution in [0.5, 0.6) is 0 Å². The van der Waals surface area contributed by atoms with Crippen molar-refractivity contribution in [3.8, 4) is 0 Å². The molecule has 1 aromatic heterocycles. The summed E-state index contributed by atoms with van der Waals surface area (Å²) >= 11 is 3.32. The number of hydrogen-bond donors (Lipinski definition) is 0. The molecule has 2 aliphatic rings. The average Bonchev–Trinajstić information content (AvgIpc) is 2.74. The minimum atomic E-state index is -0.258. The standard InChI is InChI=1S/C17H18BrFN2O/c1-21-9-17(5-10(6-17)8-22-2)16-11-3-12(18)13(19)4-14(11)20-7-15(16)21/h3-4,7,10H,5-6,8-9H2,1-2H3. The van der Waals surface area contributed by atoms with Gasteiger partial charge in [0.1, 0.15) is 5.82 Å². The van der Waals surface area contributed by atoms with Gasteiger partial charge in [0.15, 0.2) is 0 Å². The molecule has 0 N–H and O–H groups in total. The maximum absolute atomic E-state index is 13.8. The molecule has 0 amide bonds. The van der Waals surface area contributed by atoms with Gasteiger partial charge in [0, 0.05) is 44.2 Å². The number of halogens is 2. The van der Waals surface area contributed by atoms with E-state index < -0.39 is 0 Å². The monoisotopic (exact) mass is 364 g/mol. The lowest BCUT2D eigenvalue weighted by Gasteiger charge is -2.46. The van der Waals surface area contributed by atoms with Gasteiger partial charge in [0.25, 0.3) is 0 Å². The van der Waals surface area contributed by atoms with Crippen LogP contribution in [0, 0.1) is 11.7 Å². The highest BCUT2D eigenvalue weighted by atomic mass is 79.9. The van der Waals surface area contributed by atoms with Gasteiger partial charge >= 0.3 is 0 Å². The predicted octanol–water partition coefficient (Wildman–Crippen LogP) is 3.88. The Bertz CT molecular complexity index is 758. The fourth-order valence-electron chi connectivity index (χ4n) is 4.37. The molecular formula is C17H18BrFN2O. The Morgan fingerprint density at radius 1 is 1.45 bits per heavy atom. The van der Waals surface area contributed by atoms with E-state index in [1.165, 1.54) is 17.3 Å². The number of fused-ring (bicyclic) bond motifs is 4. The lowest BCUT2D eigenvalue weighted by atomic mass is 9.59. The van der Waals surface area contributed by atoms with Gasteiger partial charge in [0.2, 0.25) is 0 Å². The van der Waals surface area contributed by atoms with Crippen molar-refractivity contribution in [1.29, 1.82) is 0 Å². The number of hydrogen-bond acceptors (Lipinski definition) is 3. The average molecular weight is 365 g/mol. The van der Waals surface area contributed by atoms with Crippen LogP contribution in [-0.2, 0) is 10.2 Å². The van der Waals surface area contributed by atoms with E-state index in [1.807, 2.05) is 12.3 Å². The normalized spacial score (nSPS) is 26.5. The Hall–Kier alpha value is -1.20. The van der Waals surface area contributed by atoms with Gasteiger partial charge in [-0.15, -0.1) is 0 Å². The van der Waals surface area contributed by atoms with Crippen LogP contribution in [0.15, 0.2) is 22.8 Å². The zero-order valence-electron chi connectivity index (χ0n) is 12.7. The van der Waals surface area contributed by atoms with E-state index >= 15 is 0 Å². The number of nitrogens with zero attached hydrogens (tertiary/aromatic N) is 2. The molecule has 1 fully saturated rings. The molecule has 5 heteroatoms. The third-order valence-electron chi connectivity index (χ3n) is 5.13. The van der Waals surface area contributed by atoms with Gasteiger partial charge in [-0.3, -0.25) is 4.98 Å². The molecule has 22 heavy (non-hydrogen) atoms. The smallest absolute Gasteiger partial charge is 0.139 e. The molecule has 0 radical (unpaired) electrons. The van der Waals surface area contributed by atoms with Crippen molar-refractivity contribution in [3.63, 3.8) is 0 Å². The molecule has 0 bridgehead atoms. The first-order valence-electron chi connectivity index (χ1n) is 7.52. The van der Waals surface area contributed by atoms with E-state index in [4.69, 9.17) is 4.74 Å². The number of benzene rings is 1. The summed E-state index contributed by atoms with van der Waals surface area (Å²) in [6.07, 6.45) is 4.15. The van der Waals surface area contributed by atoms with Gasteiger partial charge in [0.05, 0.1) is 21.9 Å². The van der Waals surface area contributed by atoms with E-state index in [0.717, 1.165) is 36.9 Å². The fourth-order valence-corrected chi connectivity index (χ4v) is 4.72. The fraction of sp³-hybridized carbons (Fsp3) is 0.471. The molecule has 3 nitrogen and oxygen atoms in total. The van der Waals surface area contributed by atoms with Crippen LogP contribution in [0.1, 0.15) is 18.4 Å². The lowest BCUT2D eigenvalue weighted by Crippen LogP contribution is -2.45. The van der Waals surface area contributed by atoms with Crippen LogP contribution in [0.4, 0.5) is 10.1 Å². The van der Waals surface area contributed by atoms with Gasteiger partial charge < -0.3 is 9.64 Å². The SMILES string of the molecule is COCC1CC2(C1)CN(C)c1cnc3cc(F)c(Br)cc3c12. The quantitative estimate of drug-likeness (QED) is 0.808. The first-order valence-corrected chi connectivity index (χ1v) is 8.32. The molecule has 0 unspecified atom stereocenters. The van der Waals surface area contributed by atoms with E-state index in [2.05, 4.69) is 32.9 Å². The van der Waals surface area contributed by atoms with Crippen LogP contribution in [-0.4, -0.2) is 32.3 Å². The van der Waals surface area contributed by atoms with Crippen molar-refractivity contribution in [2.45, 2.75) is 18.3 Å². The molecule has 1 spiro atoms. The Kier molecular flexibility index (Phi) is 3.20. The second kappa shape index (κ2) is 4.90. The summed E-state index contributed by atoms with van der Waals surface area (Å²) in [5, 5.41) is 1.07. The second-order valence-corrected chi connectivity index (χ2v) is 7.52. The van der Waals surface area contributed by atoms with Crippen molar-refractivity contribution in [2.24, 2.45) is 5.92 Å². The minimum Gasteiger partial charge on any atom is -0.384 e. The number of rotatable bonds is 2. The number of anilines is 1. The van der Waals surface area contributed by atoms with E-state index in [1.54, 1.807) is 7.11 Å². The molecule has 1 saturated carbocycles. The number of pyridine rings is 1. The summed E-state index contributed by atoms with van der Waals surface area (Å²) in [5.74, 6) is 0.364. The summed E-state index contributed by atoms with van der Waals surface area (Å²) in [4.78, 5) is 6.74. The summed E-state index contributed by atoms with van der Waals surface area (Å²) in [7, 11) is 3.88. The maximum Gasteiger partial charge on any atom is 0.139 e. The molecule has 4 rings (SSSR count). The molecule has 1 aliphatic carbocycles. The molecule has 2 heterocycles. The molecule has 1 aromatic carbocycles. The minimum absolute atomic E-state index is 0.172. The van der Waals surface area contributed by atoms with E-state index in [-0.39, 0.29) is 11.2 Å². The number of likely N-dealkylation sites (N-methyl/N-ethyl adjacent to an activating group) is 1. The van der Waals surface area contributed by atoms with Crippen LogP contribution in [0.25, 0.3) is 10.9 Å². The zero-order valence-corrected chi connectivity index (χ0v) is 14.3. The number of aromatic nitrogens is 1. The maximum atomic E-state index is 13.8. The van der Waals surface area contributed by atoms with E-state index in [0.29, 0.717) is 10.4 Å². The molecule has 0 saturated heterocycles. The lowest BCUT2D eigenvalue weighted by molar-refractivity contribution is 0.0594. The third-order valence-corrected chi connectivity index (χ3v) is 5.74. The molecule has 116 valence electrons. The zero-order chi connectivity index (χ0) is 15.5. The van der Waals surface area contributed by atoms with Gasteiger partial charge in [-0.1, -0.05) is 0 Å². The number of methoxy groups -OCH3 is 1. The van der Waals surface area contributed by atoms with Crippen molar-refractivity contribution in [3.05, 3.63) is 34.2 Å². The first-order chi connectivity index (χ1) is 10.5. The Balaban J connectivity index is 1.87. The predicted molar refractivity (Wildman–Crippen MR) is 88.9 cm³/mol. The Morgan fingerprint density at radius 3 is 2.95 bits per heavy atom. The van der Waals surface area contributed by atoms with Crippen molar-refractivity contribution < 1.29 is 9.13 Å². The summed E-state index contributed by atoms with van der Waals surface area (Å²) in [6, 6.07) is 3.41. The van der Waals surface area contributed by atoms with Crippen LogP contribution >= 0.6 is 15.9 Å². The molecular weight excluding hydrogens is 347 g/mol. The van der Waals surface area contributed by atoms with Crippen LogP contribution in [0.3, 0.4) is 0 Å². The Morgan fingerprint density at radius 2 is 2.23 bits per heavy atom. The molecule has 2 aromatic rings. The number of ether oxygens (including phenoxy) is 1. The van der Waals surface area contributed by atoms with Crippen molar-refractivity contribution in [1.82, 2.24) is 4.98 Å². The van der Waals surface area contributed by atoms with E-state index in [9.17, 15) is 4.39 Å². The highest BCUT2D eigenvalue weighted by molar-refractivity contribution is 9.10. The van der Waals surface area contributed by atoms with Gasteiger partial charge in [-0.05, 0) is 46.3 Å².